The van der Waals surface area contributed by atoms with E-state index >= 15 is 0 Å². The third-order valence-electron chi connectivity index (χ3n) is 4.62. The van der Waals surface area contributed by atoms with Gasteiger partial charge in [0.25, 0.3) is 0 Å². The number of halogens is 1. The molecule has 4 heteroatoms. The summed E-state index contributed by atoms with van der Waals surface area (Å²) in [6, 6.07) is 6.41. The molecule has 2 aliphatic rings. The van der Waals surface area contributed by atoms with Crippen molar-refractivity contribution in [3.63, 3.8) is 0 Å². The highest BCUT2D eigenvalue weighted by molar-refractivity contribution is 6.31. The van der Waals surface area contributed by atoms with Gasteiger partial charge in [0, 0.05) is 30.2 Å². The van der Waals surface area contributed by atoms with Gasteiger partial charge in [0.1, 0.15) is 0 Å². The van der Waals surface area contributed by atoms with Crippen molar-refractivity contribution in [3.8, 4) is 0 Å². The number of ether oxygens (including phenoxy) is 1. The smallest absolute Gasteiger partial charge is 0.0594 e. The maximum Gasteiger partial charge on any atom is 0.0594 e. The van der Waals surface area contributed by atoms with Gasteiger partial charge in [-0.25, -0.2) is 0 Å². The third-order valence-corrected chi connectivity index (χ3v) is 4.97. The van der Waals surface area contributed by atoms with Gasteiger partial charge in [0.2, 0.25) is 0 Å². The molecule has 3 nitrogen and oxygen atoms in total. The topological polar surface area (TPSA) is 38.5 Å². The lowest BCUT2D eigenvalue weighted by molar-refractivity contribution is 0.0342. The van der Waals surface area contributed by atoms with E-state index < -0.39 is 0 Å². The zero-order valence-electron chi connectivity index (χ0n) is 11.9. The number of benzene rings is 1. The van der Waals surface area contributed by atoms with Crippen LogP contribution in [0.3, 0.4) is 0 Å². The van der Waals surface area contributed by atoms with Gasteiger partial charge < -0.3 is 10.5 Å². The van der Waals surface area contributed by atoms with E-state index in [-0.39, 0.29) is 5.54 Å². The molecule has 1 saturated carbocycles. The lowest BCUT2D eigenvalue weighted by Gasteiger charge is -2.28. The normalized spacial score (nSPS) is 23.1. The number of hydrogen-bond acceptors (Lipinski definition) is 3. The van der Waals surface area contributed by atoms with Crippen molar-refractivity contribution in [2.24, 2.45) is 5.73 Å². The van der Waals surface area contributed by atoms with Crippen LogP contribution >= 0.6 is 11.6 Å². The molecule has 20 heavy (non-hydrogen) atoms. The van der Waals surface area contributed by atoms with E-state index in [1.54, 1.807) is 0 Å². The van der Waals surface area contributed by atoms with Crippen molar-refractivity contribution in [1.29, 1.82) is 0 Å². The van der Waals surface area contributed by atoms with E-state index in [2.05, 4.69) is 23.1 Å². The van der Waals surface area contributed by atoms with Crippen molar-refractivity contribution < 1.29 is 4.74 Å². The van der Waals surface area contributed by atoms with Crippen molar-refractivity contribution in [1.82, 2.24) is 4.90 Å². The van der Waals surface area contributed by atoms with Gasteiger partial charge in [0.15, 0.2) is 0 Å². The average molecular weight is 295 g/mol. The first-order valence-corrected chi connectivity index (χ1v) is 7.93. The van der Waals surface area contributed by atoms with Crippen molar-refractivity contribution in [2.75, 3.05) is 26.3 Å². The van der Waals surface area contributed by atoms with E-state index in [1.165, 1.54) is 24.0 Å². The van der Waals surface area contributed by atoms with Crippen LogP contribution in [0.1, 0.15) is 36.8 Å². The molecule has 0 radical (unpaired) electrons. The Balaban J connectivity index is 1.73. The lowest BCUT2D eigenvalue weighted by atomic mass is 9.89. The average Bonchev–Trinajstić information content (AvgIpc) is 2.90. The molecule has 1 heterocycles. The predicted octanol–water partition coefficient (Wildman–Crippen LogP) is 2.90. The van der Waals surface area contributed by atoms with E-state index in [0.717, 1.165) is 50.7 Å². The highest BCUT2D eigenvalue weighted by Gasteiger charge is 2.31. The highest BCUT2D eigenvalue weighted by atomic mass is 35.5. The molecule has 2 N–H and O–H groups in total. The molecule has 0 unspecified atom stereocenters. The first-order chi connectivity index (χ1) is 9.67. The summed E-state index contributed by atoms with van der Waals surface area (Å²) < 4.78 is 5.38. The van der Waals surface area contributed by atoms with Crippen LogP contribution in [0.5, 0.6) is 0 Å². The molecule has 0 amide bonds. The molecule has 3 rings (SSSR count). The predicted molar refractivity (Wildman–Crippen MR) is 81.9 cm³/mol. The Kier molecular flexibility index (Phi) is 4.32. The standard InChI is InChI=1S/C16H23ClN2O/c17-15-11-14(16(18)5-1-2-6-16)4-3-13(15)12-19-7-9-20-10-8-19/h3-4,11H,1-2,5-10,12,18H2. The van der Waals surface area contributed by atoms with Crippen LogP contribution in [0.25, 0.3) is 0 Å². The molecule has 0 atom stereocenters. The fraction of sp³-hybridized carbons (Fsp3) is 0.625. The maximum atomic E-state index is 6.50. The number of rotatable bonds is 3. The molecule has 1 aromatic rings. The first kappa shape index (κ1) is 14.3. The second-order valence-electron chi connectivity index (χ2n) is 6.06. The summed E-state index contributed by atoms with van der Waals surface area (Å²) in [7, 11) is 0. The van der Waals surface area contributed by atoms with Crippen LogP contribution in [0.2, 0.25) is 5.02 Å². The van der Waals surface area contributed by atoms with Gasteiger partial charge in [-0.2, -0.15) is 0 Å². The number of nitrogens with zero attached hydrogens (tertiary/aromatic N) is 1. The van der Waals surface area contributed by atoms with Crippen LogP contribution in [-0.2, 0) is 16.8 Å². The molecular formula is C16H23ClN2O. The Hall–Kier alpha value is -0.610. The van der Waals surface area contributed by atoms with E-state index in [1.807, 2.05) is 0 Å². The van der Waals surface area contributed by atoms with Gasteiger partial charge >= 0.3 is 0 Å². The van der Waals surface area contributed by atoms with Crippen LogP contribution < -0.4 is 5.73 Å². The minimum Gasteiger partial charge on any atom is -0.379 e. The van der Waals surface area contributed by atoms with Gasteiger partial charge in [0.05, 0.1) is 13.2 Å². The molecule has 1 aliphatic carbocycles. The Labute approximate surface area is 126 Å². The number of hydrogen-bond donors (Lipinski definition) is 1. The Morgan fingerprint density at radius 1 is 1.20 bits per heavy atom. The molecule has 1 saturated heterocycles. The monoisotopic (exact) mass is 294 g/mol. The number of morpholine rings is 1. The summed E-state index contributed by atoms with van der Waals surface area (Å²) in [5, 5.41) is 0.853. The summed E-state index contributed by atoms with van der Waals surface area (Å²) in [6.45, 7) is 4.51. The fourth-order valence-electron chi connectivity index (χ4n) is 3.28. The van der Waals surface area contributed by atoms with Crippen LogP contribution in [-0.4, -0.2) is 31.2 Å². The van der Waals surface area contributed by atoms with Crippen LogP contribution in [0.4, 0.5) is 0 Å². The Morgan fingerprint density at radius 3 is 2.55 bits per heavy atom. The first-order valence-electron chi connectivity index (χ1n) is 7.55. The van der Waals surface area contributed by atoms with Crippen molar-refractivity contribution >= 4 is 11.6 Å². The number of nitrogens with two attached hydrogens (primary N) is 1. The molecule has 0 bridgehead atoms. The van der Waals surface area contributed by atoms with Gasteiger partial charge in [-0.15, -0.1) is 0 Å². The van der Waals surface area contributed by atoms with E-state index in [9.17, 15) is 0 Å². The molecule has 2 fully saturated rings. The minimum absolute atomic E-state index is 0.152. The lowest BCUT2D eigenvalue weighted by Crippen LogP contribution is -2.36. The van der Waals surface area contributed by atoms with Crippen LogP contribution in [0, 0.1) is 0 Å². The van der Waals surface area contributed by atoms with Gasteiger partial charge in [-0.3, -0.25) is 4.90 Å². The minimum atomic E-state index is -0.152. The molecule has 1 aromatic carbocycles. The van der Waals surface area contributed by atoms with E-state index in [4.69, 9.17) is 22.1 Å². The summed E-state index contributed by atoms with van der Waals surface area (Å²) >= 11 is 6.48. The van der Waals surface area contributed by atoms with E-state index in [0.29, 0.717) is 0 Å². The third kappa shape index (κ3) is 3.01. The molecule has 1 aliphatic heterocycles. The quantitative estimate of drug-likeness (QED) is 0.931. The van der Waals surface area contributed by atoms with Gasteiger partial charge in [-0.05, 0) is 30.0 Å². The SMILES string of the molecule is NC1(c2ccc(CN3CCOCC3)c(Cl)c2)CCCC1. The highest BCUT2D eigenvalue weighted by Crippen LogP contribution is 2.37. The van der Waals surface area contributed by atoms with Gasteiger partial charge in [-0.1, -0.05) is 36.6 Å². The summed E-state index contributed by atoms with van der Waals surface area (Å²) in [4.78, 5) is 2.39. The van der Waals surface area contributed by atoms with Crippen molar-refractivity contribution in [3.05, 3.63) is 34.3 Å². The summed E-state index contributed by atoms with van der Waals surface area (Å²) in [5.41, 5.74) is 8.74. The molecule has 0 spiro atoms. The Morgan fingerprint density at radius 2 is 1.90 bits per heavy atom. The largest absolute Gasteiger partial charge is 0.379 e. The van der Waals surface area contributed by atoms with Crippen molar-refractivity contribution in [2.45, 2.75) is 37.8 Å². The zero-order valence-corrected chi connectivity index (χ0v) is 12.7. The molecule has 110 valence electrons. The zero-order chi connectivity index (χ0) is 14.0. The summed E-state index contributed by atoms with van der Waals surface area (Å²) in [5.74, 6) is 0. The molecule has 0 aromatic heterocycles. The summed E-state index contributed by atoms with van der Waals surface area (Å²) in [6.07, 6.45) is 4.60. The second kappa shape index (κ2) is 6.02. The maximum absolute atomic E-state index is 6.50. The molecular weight excluding hydrogens is 272 g/mol. The second-order valence-corrected chi connectivity index (χ2v) is 6.47. The van der Waals surface area contributed by atoms with Crippen LogP contribution in [0.15, 0.2) is 18.2 Å². The Bertz CT molecular complexity index is 466. The fourth-order valence-corrected chi connectivity index (χ4v) is 3.52.